The second kappa shape index (κ2) is 10.7. The number of ether oxygens (including phenoxy) is 2. The average molecular weight is 412 g/mol. The molecule has 1 unspecified atom stereocenters. The maximum atomic E-state index is 12.6. The van der Waals surface area contributed by atoms with Gasteiger partial charge in [0.25, 0.3) is 5.91 Å². The van der Waals surface area contributed by atoms with Crippen molar-refractivity contribution in [2.75, 3.05) is 7.11 Å². The molecule has 0 aromatic heterocycles. The van der Waals surface area contributed by atoms with Crippen LogP contribution in [0.5, 0.6) is 11.5 Å². The quantitative estimate of drug-likeness (QED) is 0.415. The van der Waals surface area contributed by atoms with Gasteiger partial charge in [0.05, 0.1) is 13.2 Å². The molecule has 0 fully saturated rings. The van der Waals surface area contributed by atoms with E-state index >= 15 is 0 Å². The number of carbonyl (C=O) groups is 1. The van der Waals surface area contributed by atoms with Crippen molar-refractivity contribution in [2.45, 2.75) is 19.6 Å². The minimum Gasteiger partial charge on any atom is -0.493 e. The van der Waals surface area contributed by atoms with E-state index in [1.54, 1.807) is 25.3 Å². The van der Waals surface area contributed by atoms with E-state index in [9.17, 15) is 10.1 Å². The van der Waals surface area contributed by atoms with E-state index in [0.29, 0.717) is 23.7 Å². The number of nitriles is 1. The van der Waals surface area contributed by atoms with Gasteiger partial charge in [0, 0.05) is 0 Å². The van der Waals surface area contributed by atoms with Crippen LogP contribution >= 0.6 is 0 Å². The van der Waals surface area contributed by atoms with Crippen LogP contribution in [0.3, 0.4) is 0 Å². The monoisotopic (exact) mass is 412 g/mol. The summed E-state index contributed by atoms with van der Waals surface area (Å²) in [6.45, 7) is 2.29. The molecular formula is C26H24N2O3. The van der Waals surface area contributed by atoms with Crippen LogP contribution in [0.2, 0.25) is 0 Å². The lowest BCUT2D eigenvalue weighted by Gasteiger charge is -2.14. The van der Waals surface area contributed by atoms with Gasteiger partial charge in [-0.15, -0.1) is 0 Å². The minimum atomic E-state index is -0.428. The van der Waals surface area contributed by atoms with Crippen LogP contribution in [-0.2, 0) is 11.4 Å². The van der Waals surface area contributed by atoms with Gasteiger partial charge in [-0.25, -0.2) is 0 Å². The topological polar surface area (TPSA) is 71.3 Å². The van der Waals surface area contributed by atoms with Crippen LogP contribution in [0.1, 0.15) is 29.7 Å². The molecule has 0 saturated heterocycles. The Morgan fingerprint density at radius 2 is 1.71 bits per heavy atom. The molecule has 1 atom stereocenters. The largest absolute Gasteiger partial charge is 0.493 e. The van der Waals surface area contributed by atoms with Crippen molar-refractivity contribution in [3.63, 3.8) is 0 Å². The number of hydrogen-bond acceptors (Lipinski definition) is 4. The van der Waals surface area contributed by atoms with E-state index < -0.39 is 5.91 Å². The molecule has 0 aliphatic heterocycles. The lowest BCUT2D eigenvalue weighted by atomic mass is 10.1. The molecule has 0 spiro atoms. The van der Waals surface area contributed by atoms with E-state index in [2.05, 4.69) is 5.32 Å². The average Bonchev–Trinajstić information content (AvgIpc) is 2.82. The first-order chi connectivity index (χ1) is 15.1. The molecule has 31 heavy (non-hydrogen) atoms. The Morgan fingerprint density at radius 1 is 1.03 bits per heavy atom. The predicted molar refractivity (Wildman–Crippen MR) is 120 cm³/mol. The number of methoxy groups -OCH3 is 1. The molecule has 0 saturated carbocycles. The van der Waals surface area contributed by atoms with Crippen LogP contribution in [0.25, 0.3) is 6.08 Å². The molecule has 3 aromatic carbocycles. The molecule has 5 heteroatoms. The Morgan fingerprint density at radius 3 is 2.35 bits per heavy atom. The third-order valence-electron chi connectivity index (χ3n) is 4.75. The Labute approximate surface area is 182 Å². The second-order valence-corrected chi connectivity index (χ2v) is 6.96. The predicted octanol–water partition coefficient (Wildman–Crippen LogP) is 5.06. The van der Waals surface area contributed by atoms with Crippen molar-refractivity contribution in [3.05, 3.63) is 101 Å². The van der Waals surface area contributed by atoms with Crippen molar-refractivity contribution >= 4 is 12.0 Å². The summed E-state index contributed by atoms with van der Waals surface area (Å²) in [5.74, 6) is 0.686. The zero-order chi connectivity index (χ0) is 22.1. The van der Waals surface area contributed by atoms with E-state index in [-0.39, 0.29) is 11.6 Å². The van der Waals surface area contributed by atoms with Gasteiger partial charge in [-0.2, -0.15) is 5.26 Å². The minimum absolute atomic E-state index is 0.0165. The van der Waals surface area contributed by atoms with Crippen LogP contribution in [0.4, 0.5) is 0 Å². The highest BCUT2D eigenvalue weighted by Crippen LogP contribution is 2.29. The van der Waals surface area contributed by atoms with Gasteiger partial charge in [0.15, 0.2) is 11.5 Å². The van der Waals surface area contributed by atoms with Crippen LogP contribution < -0.4 is 14.8 Å². The number of carbonyl (C=O) groups excluding carboxylic acids is 1. The number of nitrogens with one attached hydrogen (secondary N) is 1. The third-order valence-corrected chi connectivity index (χ3v) is 4.75. The van der Waals surface area contributed by atoms with E-state index in [1.165, 1.54) is 6.08 Å². The molecule has 3 rings (SSSR count). The highest BCUT2D eigenvalue weighted by Gasteiger charge is 2.14. The van der Waals surface area contributed by atoms with Gasteiger partial charge < -0.3 is 14.8 Å². The first kappa shape index (κ1) is 21.7. The highest BCUT2D eigenvalue weighted by atomic mass is 16.5. The summed E-state index contributed by atoms with van der Waals surface area (Å²) in [6.07, 6.45) is 1.54. The van der Waals surface area contributed by atoms with Gasteiger partial charge in [-0.3, -0.25) is 4.79 Å². The Kier molecular flexibility index (Phi) is 7.45. The second-order valence-electron chi connectivity index (χ2n) is 6.96. The first-order valence-corrected chi connectivity index (χ1v) is 9.93. The standard InChI is InChI=1S/C26H24N2O3/c1-19(22-11-7-4-8-12-22)28-26(29)23(17-27)15-21-13-14-24(25(16-21)30-2)31-18-20-9-5-3-6-10-20/h3-16,19H,18H2,1-2H3,(H,28,29)/b23-15+. The molecule has 5 nitrogen and oxygen atoms in total. The van der Waals surface area contributed by atoms with E-state index in [4.69, 9.17) is 9.47 Å². The van der Waals surface area contributed by atoms with Gasteiger partial charge in [-0.05, 0) is 41.8 Å². The summed E-state index contributed by atoms with van der Waals surface area (Å²) in [5, 5.41) is 12.4. The van der Waals surface area contributed by atoms with Crippen molar-refractivity contribution < 1.29 is 14.3 Å². The fraction of sp³-hybridized carbons (Fsp3) is 0.154. The first-order valence-electron chi connectivity index (χ1n) is 9.93. The Hall–Kier alpha value is -4.04. The SMILES string of the molecule is COc1cc(/C=C(\C#N)C(=O)NC(C)c2ccccc2)ccc1OCc1ccccc1. The smallest absolute Gasteiger partial charge is 0.262 e. The fourth-order valence-corrected chi connectivity index (χ4v) is 3.04. The van der Waals surface area contributed by atoms with Gasteiger partial charge in [0.2, 0.25) is 0 Å². The zero-order valence-corrected chi connectivity index (χ0v) is 17.5. The van der Waals surface area contributed by atoms with Crippen LogP contribution in [-0.4, -0.2) is 13.0 Å². The normalized spacial score (nSPS) is 11.8. The van der Waals surface area contributed by atoms with Crippen molar-refractivity contribution in [2.24, 2.45) is 0 Å². The molecule has 0 heterocycles. The molecule has 0 radical (unpaired) electrons. The maximum absolute atomic E-state index is 12.6. The molecule has 1 amide bonds. The van der Waals surface area contributed by atoms with Crippen LogP contribution in [0, 0.1) is 11.3 Å². The summed E-state index contributed by atoms with van der Waals surface area (Å²) < 4.78 is 11.3. The lowest BCUT2D eigenvalue weighted by molar-refractivity contribution is -0.117. The third kappa shape index (κ3) is 5.97. The maximum Gasteiger partial charge on any atom is 0.262 e. The Balaban J connectivity index is 1.72. The highest BCUT2D eigenvalue weighted by molar-refractivity contribution is 6.01. The van der Waals surface area contributed by atoms with Crippen molar-refractivity contribution in [1.29, 1.82) is 5.26 Å². The Bertz CT molecular complexity index is 1090. The van der Waals surface area contributed by atoms with Gasteiger partial charge in [-0.1, -0.05) is 66.7 Å². The molecule has 1 N–H and O–H groups in total. The number of nitrogens with zero attached hydrogens (tertiary/aromatic N) is 1. The number of hydrogen-bond donors (Lipinski definition) is 1. The number of rotatable bonds is 8. The summed E-state index contributed by atoms with van der Waals surface area (Å²) in [5.41, 5.74) is 2.70. The van der Waals surface area contributed by atoms with Crippen molar-refractivity contribution in [3.8, 4) is 17.6 Å². The summed E-state index contributed by atoms with van der Waals surface area (Å²) >= 11 is 0. The van der Waals surface area contributed by atoms with E-state index in [0.717, 1.165) is 11.1 Å². The lowest BCUT2D eigenvalue weighted by Crippen LogP contribution is -2.27. The number of benzene rings is 3. The number of amides is 1. The van der Waals surface area contributed by atoms with Crippen LogP contribution in [0.15, 0.2) is 84.4 Å². The molecule has 156 valence electrons. The van der Waals surface area contributed by atoms with Gasteiger partial charge in [0.1, 0.15) is 18.2 Å². The summed E-state index contributed by atoms with van der Waals surface area (Å²) in [7, 11) is 1.55. The van der Waals surface area contributed by atoms with E-state index in [1.807, 2.05) is 73.7 Å². The fourth-order valence-electron chi connectivity index (χ4n) is 3.04. The molecule has 0 bridgehead atoms. The molecule has 0 aliphatic carbocycles. The molecule has 3 aromatic rings. The summed E-state index contributed by atoms with van der Waals surface area (Å²) in [4.78, 5) is 12.6. The molecular weight excluding hydrogens is 388 g/mol. The zero-order valence-electron chi connectivity index (χ0n) is 17.5. The molecule has 0 aliphatic rings. The van der Waals surface area contributed by atoms with Gasteiger partial charge >= 0.3 is 0 Å². The van der Waals surface area contributed by atoms with Crippen molar-refractivity contribution in [1.82, 2.24) is 5.32 Å². The summed E-state index contributed by atoms with van der Waals surface area (Å²) in [6, 6.07) is 26.5.